The lowest BCUT2D eigenvalue weighted by Crippen LogP contribution is -2.30. The van der Waals surface area contributed by atoms with Crippen LogP contribution in [0.1, 0.15) is 16.5 Å². The average Bonchev–Trinajstić information content (AvgIpc) is 2.86. The molecule has 0 bridgehead atoms. The van der Waals surface area contributed by atoms with Crippen LogP contribution in [0.25, 0.3) is 0 Å². The van der Waals surface area contributed by atoms with Gasteiger partial charge >= 0.3 is 11.8 Å². The standard InChI is InChI=1S/C10H9ClN4O3/c11-6-3-1-2-4-7(6)17-5-8-13-10(18-15-8)9(16)14-12/h1-4H,5,12H2,(H,14,16). The number of benzene rings is 1. The molecule has 3 N–H and O–H groups in total. The Morgan fingerprint density at radius 3 is 3.00 bits per heavy atom. The summed E-state index contributed by atoms with van der Waals surface area (Å²) in [5.74, 6) is 4.75. The molecule has 7 nitrogen and oxygen atoms in total. The van der Waals surface area contributed by atoms with E-state index in [2.05, 4.69) is 14.7 Å². The summed E-state index contributed by atoms with van der Waals surface area (Å²) in [6.07, 6.45) is 0. The second-order valence-electron chi connectivity index (χ2n) is 3.21. The summed E-state index contributed by atoms with van der Waals surface area (Å²) in [7, 11) is 0. The molecule has 1 heterocycles. The van der Waals surface area contributed by atoms with Gasteiger partial charge in [-0.3, -0.25) is 10.2 Å². The van der Waals surface area contributed by atoms with E-state index in [0.717, 1.165) is 0 Å². The topological polar surface area (TPSA) is 103 Å². The molecule has 0 atom stereocenters. The minimum Gasteiger partial charge on any atom is -0.484 e. The number of aromatic nitrogens is 2. The Bertz CT molecular complexity index is 558. The Kier molecular flexibility index (Phi) is 3.75. The van der Waals surface area contributed by atoms with Gasteiger partial charge in [-0.05, 0) is 12.1 Å². The molecule has 0 aliphatic heterocycles. The molecule has 0 aliphatic carbocycles. The Hall–Kier alpha value is -2.12. The fraction of sp³-hybridized carbons (Fsp3) is 0.100. The molecular formula is C10H9ClN4O3. The Labute approximate surface area is 107 Å². The van der Waals surface area contributed by atoms with Crippen LogP contribution in [0.3, 0.4) is 0 Å². The van der Waals surface area contributed by atoms with Crippen LogP contribution in [-0.2, 0) is 6.61 Å². The maximum atomic E-state index is 11.1. The number of carbonyl (C=O) groups excluding carboxylic acids is 1. The summed E-state index contributed by atoms with van der Waals surface area (Å²) in [6, 6.07) is 6.97. The quantitative estimate of drug-likeness (QED) is 0.485. The van der Waals surface area contributed by atoms with Gasteiger partial charge < -0.3 is 9.26 Å². The number of hydrazine groups is 1. The predicted octanol–water partition coefficient (Wildman–Crippen LogP) is 0.905. The van der Waals surface area contributed by atoms with Crippen molar-refractivity contribution in [1.82, 2.24) is 15.6 Å². The van der Waals surface area contributed by atoms with Crippen LogP contribution in [-0.4, -0.2) is 16.0 Å². The fourth-order valence-electron chi connectivity index (χ4n) is 1.17. The number of amides is 1. The van der Waals surface area contributed by atoms with Gasteiger partial charge in [-0.15, -0.1) is 0 Å². The zero-order valence-corrected chi connectivity index (χ0v) is 9.85. The van der Waals surface area contributed by atoms with Crippen molar-refractivity contribution in [3.63, 3.8) is 0 Å². The molecule has 0 fully saturated rings. The highest BCUT2D eigenvalue weighted by atomic mass is 35.5. The number of hydrogen-bond acceptors (Lipinski definition) is 6. The maximum absolute atomic E-state index is 11.1. The van der Waals surface area contributed by atoms with E-state index in [-0.39, 0.29) is 18.3 Å². The molecule has 0 saturated carbocycles. The van der Waals surface area contributed by atoms with E-state index in [1.807, 2.05) is 5.43 Å². The summed E-state index contributed by atoms with van der Waals surface area (Å²) in [5.41, 5.74) is 1.88. The second-order valence-corrected chi connectivity index (χ2v) is 3.62. The lowest BCUT2D eigenvalue weighted by Gasteiger charge is -2.04. The SMILES string of the molecule is NNC(=O)c1nc(COc2ccccc2Cl)no1. The van der Waals surface area contributed by atoms with Crippen molar-refractivity contribution < 1.29 is 14.1 Å². The van der Waals surface area contributed by atoms with E-state index in [9.17, 15) is 4.79 Å². The largest absolute Gasteiger partial charge is 0.484 e. The molecule has 2 rings (SSSR count). The normalized spacial score (nSPS) is 10.1. The van der Waals surface area contributed by atoms with Crippen LogP contribution < -0.4 is 16.0 Å². The minimum absolute atomic E-state index is 0.0328. The Balaban J connectivity index is 2.01. The summed E-state index contributed by atoms with van der Waals surface area (Å²) < 4.78 is 10.0. The highest BCUT2D eigenvalue weighted by Gasteiger charge is 2.14. The van der Waals surface area contributed by atoms with Crippen LogP contribution in [0.15, 0.2) is 28.8 Å². The first-order valence-corrected chi connectivity index (χ1v) is 5.29. The third kappa shape index (κ3) is 2.76. The monoisotopic (exact) mass is 268 g/mol. The number of carbonyl (C=O) groups is 1. The number of ether oxygens (including phenoxy) is 1. The first-order chi connectivity index (χ1) is 8.70. The summed E-state index contributed by atoms with van der Waals surface area (Å²) in [5, 5.41) is 4.03. The second kappa shape index (κ2) is 5.48. The van der Waals surface area contributed by atoms with Crippen molar-refractivity contribution in [2.45, 2.75) is 6.61 Å². The fourth-order valence-corrected chi connectivity index (χ4v) is 1.36. The van der Waals surface area contributed by atoms with Gasteiger partial charge in [0.2, 0.25) is 5.82 Å². The average molecular weight is 269 g/mol. The van der Waals surface area contributed by atoms with Crippen LogP contribution >= 0.6 is 11.6 Å². The van der Waals surface area contributed by atoms with Gasteiger partial charge in [-0.2, -0.15) is 4.98 Å². The van der Waals surface area contributed by atoms with Crippen LogP contribution in [0, 0.1) is 0 Å². The molecule has 0 radical (unpaired) electrons. The summed E-state index contributed by atoms with van der Waals surface area (Å²) in [4.78, 5) is 14.8. The number of nitrogens with one attached hydrogen (secondary N) is 1. The predicted molar refractivity (Wildman–Crippen MR) is 61.7 cm³/mol. The smallest absolute Gasteiger partial charge is 0.323 e. The number of rotatable bonds is 4. The van der Waals surface area contributed by atoms with Crippen LogP contribution in [0.5, 0.6) is 5.75 Å². The van der Waals surface area contributed by atoms with Crippen molar-refractivity contribution in [1.29, 1.82) is 0 Å². The van der Waals surface area contributed by atoms with Crippen LogP contribution in [0.4, 0.5) is 0 Å². The molecular weight excluding hydrogens is 260 g/mol. The lowest BCUT2D eigenvalue weighted by atomic mass is 10.3. The van der Waals surface area contributed by atoms with E-state index in [1.54, 1.807) is 24.3 Å². The van der Waals surface area contributed by atoms with Gasteiger partial charge in [0.1, 0.15) is 5.75 Å². The Morgan fingerprint density at radius 1 is 1.50 bits per heavy atom. The van der Waals surface area contributed by atoms with Crippen LogP contribution in [0.2, 0.25) is 5.02 Å². The lowest BCUT2D eigenvalue weighted by molar-refractivity contribution is 0.0910. The number of hydrogen-bond donors (Lipinski definition) is 2. The molecule has 0 spiro atoms. The number of nitrogens with two attached hydrogens (primary N) is 1. The molecule has 1 aromatic carbocycles. The van der Waals surface area contributed by atoms with Gasteiger partial charge in [-0.25, -0.2) is 5.84 Å². The molecule has 1 aromatic heterocycles. The highest BCUT2D eigenvalue weighted by molar-refractivity contribution is 6.32. The summed E-state index contributed by atoms with van der Waals surface area (Å²) >= 11 is 5.90. The third-order valence-electron chi connectivity index (χ3n) is 1.99. The molecule has 2 aromatic rings. The van der Waals surface area contributed by atoms with Crippen molar-refractivity contribution in [2.24, 2.45) is 5.84 Å². The third-order valence-corrected chi connectivity index (χ3v) is 2.30. The van der Waals surface area contributed by atoms with Gasteiger partial charge in [0.25, 0.3) is 0 Å². The zero-order chi connectivity index (χ0) is 13.0. The number of nitrogens with zero attached hydrogens (tertiary/aromatic N) is 2. The molecule has 0 unspecified atom stereocenters. The van der Waals surface area contributed by atoms with Crippen molar-refractivity contribution in [3.8, 4) is 5.75 Å². The van der Waals surface area contributed by atoms with E-state index < -0.39 is 5.91 Å². The number of para-hydroxylation sites is 1. The zero-order valence-electron chi connectivity index (χ0n) is 9.09. The van der Waals surface area contributed by atoms with E-state index >= 15 is 0 Å². The summed E-state index contributed by atoms with van der Waals surface area (Å²) in [6.45, 7) is 0.0328. The van der Waals surface area contributed by atoms with Crippen molar-refractivity contribution in [3.05, 3.63) is 41.0 Å². The number of halogens is 1. The Morgan fingerprint density at radius 2 is 2.28 bits per heavy atom. The molecule has 18 heavy (non-hydrogen) atoms. The first kappa shape index (κ1) is 12.3. The van der Waals surface area contributed by atoms with E-state index in [0.29, 0.717) is 10.8 Å². The molecule has 0 aliphatic rings. The number of nitrogen functional groups attached to an aromatic ring is 1. The molecule has 1 amide bonds. The minimum atomic E-state index is -0.661. The van der Waals surface area contributed by atoms with E-state index in [1.165, 1.54) is 0 Å². The molecule has 94 valence electrons. The van der Waals surface area contributed by atoms with E-state index in [4.69, 9.17) is 22.2 Å². The van der Waals surface area contributed by atoms with Gasteiger partial charge in [0.15, 0.2) is 6.61 Å². The van der Waals surface area contributed by atoms with Crippen molar-refractivity contribution >= 4 is 17.5 Å². The van der Waals surface area contributed by atoms with Crippen molar-refractivity contribution in [2.75, 3.05) is 0 Å². The molecule has 0 saturated heterocycles. The maximum Gasteiger partial charge on any atom is 0.323 e. The first-order valence-electron chi connectivity index (χ1n) is 4.91. The molecule has 8 heteroatoms. The van der Waals surface area contributed by atoms with Gasteiger partial charge in [0.05, 0.1) is 5.02 Å². The highest BCUT2D eigenvalue weighted by Crippen LogP contribution is 2.23. The van der Waals surface area contributed by atoms with Gasteiger partial charge in [0, 0.05) is 0 Å². The van der Waals surface area contributed by atoms with Gasteiger partial charge in [-0.1, -0.05) is 28.9 Å².